The fourth-order valence-corrected chi connectivity index (χ4v) is 7.61. The molecule has 1 fully saturated rings. The van der Waals surface area contributed by atoms with Gasteiger partial charge in [-0.05, 0) is 130 Å². The van der Waals surface area contributed by atoms with Crippen molar-refractivity contribution < 1.29 is 23.9 Å². The monoisotopic (exact) mass is 755 g/mol. The molecule has 300 valence electrons. The lowest BCUT2D eigenvalue weighted by molar-refractivity contribution is -0.133. The second-order valence-electron chi connectivity index (χ2n) is 18.6. The van der Waals surface area contributed by atoms with Crippen LogP contribution in [0.2, 0.25) is 0 Å². The maximum atomic E-state index is 13.5. The molecule has 9 nitrogen and oxygen atoms in total. The Kier molecular flexibility index (Phi) is 13.6. The molecule has 1 aliphatic rings. The lowest BCUT2D eigenvalue weighted by Crippen LogP contribution is -2.47. The topological polar surface area (TPSA) is 82.6 Å². The van der Waals surface area contributed by atoms with Gasteiger partial charge in [-0.25, -0.2) is 9.59 Å². The van der Waals surface area contributed by atoms with E-state index in [0.717, 1.165) is 38.8 Å². The number of ether oxygens (including phenoxy) is 2. The van der Waals surface area contributed by atoms with Crippen molar-refractivity contribution >= 4 is 50.4 Å². The molecule has 0 spiro atoms. The second-order valence-corrected chi connectivity index (χ2v) is 18.6. The first-order chi connectivity index (χ1) is 25.9. The molecule has 0 bridgehead atoms. The number of rotatable bonds is 6. The van der Waals surface area contributed by atoms with Gasteiger partial charge >= 0.3 is 12.2 Å². The Balaban J connectivity index is 1.30. The molecule has 0 aliphatic carbocycles. The van der Waals surface area contributed by atoms with Crippen LogP contribution in [0.5, 0.6) is 0 Å². The van der Waals surface area contributed by atoms with Crippen LogP contribution < -0.4 is 0 Å². The first-order valence-corrected chi connectivity index (χ1v) is 20.5. The number of hydrogen-bond acceptors (Lipinski definition) is 6. The summed E-state index contributed by atoms with van der Waals surface area (Å²) in [4.78, 5) is 48.4. The molecule has 1 aliphatic heterocycles. The second kappa shape index (κ2) is 17.8. The molecule has 4 aromatic carbocycles. The summed E-state index contributed by atoms with van der Waals surface area (Å²) in [6.07, 6.45) is 4.13. The van der Waals surface area contributed by atoms with E-state index in [0.29, 0.717) is 58.7 Å². The zero-order valence-corrected chi connectivity index (χ0v) is 35.1. The summed E-state index contributed by atoms with van der Waals surface area (Å²) in [5, 5.41) is 7.91. The Hall–Kier alpha value is -4.11. The number of nitrogens with zero attached hydrogens (tertiary/aromatic N) is 4. The standard InChI is InChI=1S/C46H66N4O5/c1-44(2,3)33-39(51)48-26-14-28-49(42(52)54-45(4,5)6)30-29-47(25-13-27-50(32-31-48)43(53)55-46(7,8)9)24-11-10-15-34-18-19-37-21-20-35-16-12-17-36-22-23-38(34)41(37)40(35)36/h12,16-23H,10-11,13-15,24-33H2,1-9H3. The molecule has 55 heavy (non-hydrogen) atoms. The normalized spacial score (nSPS) is 16.5. The zero-order valence-electron chi connectivity index (χ0n) is 35.1. The summed E-state index contributed by atoms with van der Waals surface area (Å²) >= 11 is 0. The summed E-state index contributed by atoms with van der Waals surface area (Å²) in [7, 11) is 0. The number of benzene rings is 4. The number of hydrogen-bond donors (Lipinski definition) is 0. The van der Waals surface area contributed by atoms with E-state index >= 15 is 0 Å². The van der Waals surface area contributed by atoms with Crippen LogP contribution in [0.15, 0.2) is 54.6 Å². The van der Waals surface area contributed by atoms with E-state index in [9.17, 15) is 14.4 Å². The molecular weight excluding hydrogens is 689 g/mol. The van der Waals surface area contributed by atoms with Gasteiger partial charge in [-0.1, -0.05) is 75.4 Å². The van der Waals surface area contributed by atoms with E-state index in [1.165, 1.54) is 37.9 Å². The maximum Gasteiger partial charge on any atom is 0.410 e. The first-order valence-electron chi connectivity index (χ1n) is 20.5. The van der Waals surface area contributed by atoms with Gasteiger partial charge in [0.05, 0.1) is 0 Å². The van der Waals surface area contributed by atoms with Crippen LogP contribution in [0, 0.1) is 5.41 Å². The fraction of sp³-hybridized carbons (Fsp3) is 0.587. The van der Waals surface area contributed by atoms with Gasteiger partial charge in [0.1, 0.15) is 11.2 Å². The van der Waals surface area contributed by atoms with E-state index in [4.69, 9.17) is 9.47 Å². The lowest BCUT2D eigenvalue weighted by atomic mass is 9.90. The minimum absolute atomic E-state index is 0.0563. The average molecular weight is 755 g/mol. The summed E-state index contributed by atoms with van der Waals surface area (Å²) in [6.45, 7) is 22.7. The molecule has 4 aromatic rings. The molecule has 0 saturated carbocycles. The molecule has 0 unspecified atom stereocenters. The lowest BCUT2D eigenvalue weighted by Gasteiger charge is -2.34. The van der Waals surface area contributed by atoms with E-state index in [2.05, 4.69) is 80.3 Å². The van der Waals surface area contributed by atoms with Crippen molar-refractivity contribution in [3.8, 4) is 0 Å². The van der Waals surface area contributed by atoms with Crippen LogP contribution >= 0.6 is 0 Å². The van der Waals surface area contributed by atoms with Gasteiger partial charge in [0.25, 0.3) is 0 Å². The van der Waals surface area contributed by atoms with Crippen LogP contribution in [0.4, 0.5) is 9.59 Å². The van der Waals surface area contributed by atoms with Gasteiger partial charge in [-0.2, -0.15) is 0 Å². The van der Waals surface area contributed by atoms with Gasteiger partial charge < -0.3 is 29.1 Å². The third-order valence-corrected chi connectivity index (χ3v) is 10.2. The van der Waals surface area contributed by atoms with Crippen LogP contribution in [0.3, 0.4) is 0 Å². The van der Waals surface area contributed by atoms with Crippen LogP contribution in [0.25, 0.3) is 32.3 Å². The first kappa shape index (κ1) is 42.0. The van der Waals surface area contributed by atoms with E-state index in [-0.39, 0.29) is 23.5 Å². The molecule has 5 rings (SSSR count). The number of amides is 3. The number of unbranched alkanes of at least 4 members (excludes halogenated alkanes) is 1. The van der Waals surface area contributed by atoms with Crippen molar-refractivity contribution in [1.29, 1.82) is 0 Å². The zero-order chi connectivity index (χ0) is 40.0. The van der Waals surface area contributed by atoms with Gasteiger partial charge in [0.15, 0.2) is 0 Å². The largest absolute Gasteiger partial charge is 0.444 e. The fourth-order valence-electron chi connectivity index (χ4n) is 7.61. The predicted molar refractivity (Wildman–Crippen MR) is 225 cm³/mol. The average Bonchev–Trinajstić information content (AvgIpc) is 3.08. The van der Waals surface area contributed by atoms with Crippen molar-refractivity contribution in [1.82, 2.24) is 19.6 Å². The van der Waals surface area contributed by atoms with Crippen molar-refractivity contribution in [2.45, 2.75) is 112 Å². The highest BCUT2D eigenvalue weighted by Crippen LogP contribution is 2.36. The third-order valence-electron chi connectivity index (χ3n) is 10.2. The minimum Gasteiger partial charge on any atom is -0.444 e. The molecule has 3 amide bonds. The minimum atomic E-state index is -0.621. The molecule has 0 aromatic heterocycles. The molecular formula is C46H66N4O5. The van der Waals surface area contributed by atoms with Gasteiger partial charge in [-0.3, -0.25) is 4.79 Å². The maximum absolute atomic E-state index is 13.5. The highest BCUT2D eigenvalue weighted by atomic mass is 16.6. The molecule has 9 heteroatoms. The Labute approximate surface area is 329 Å². The van der Waals surface area contributed by atoms with Gasteiger partial charge in [0, 0.05) is 52.2 Å². The Morgan fingerprint density at radius 1 is 0.564 bits per heavy atom. The van der Waals surface area contributed by atoms with Crippen molar-refractivity contribution in [2.24, 2.45) is 5.41 Å². The van der Waals surface area contributed by atoms with Crippen molar-refractivity contribution in [3.63, 3.8) is 0 Å². The quantitative estimate of drug-likeness (QED) is 0.144. The van der Waals surface area contributed by atoms with Gasteiger partial charge in [0.2, 0.25) is 5.91 Å². The van der Waals surface area contributed by atoms with Crippen molar-refractivity contribution in [3.05, 3.63) is 60.2 Å². The van der Waals surface area contributed by atoms with Crippen LogP contribution in [0.1, 0.15) is 100.0 Å². The predicted octanol–water partition coefficient (Wildman–Crippen LogP) is 9.74. The summed E-state index contributed by atoms with van der Waals surface area (Å²) in [6, 6.07) is 20.1. The number of aryl methyl sites for hydroxylation is 1. The molecule has 0 N–H and O–H groups in total. The third kappa shape index (κ3) is 12.2. The molecule has 0 atom stereocenters. The molecule has 0 radical (unpaired) electrons. The van der Waals surface area contributed by atoms with Crippen LogP contribution in [-0.4, -0.2) is 108 Å². The highest BCUT2D eigenvalue weighted by molar-refractivity contribution is 6.23. The van der Waals surface area contributed by atoms with E-state index < -0.39 is 11.2 Å². The van der Waals surface area contributed by atoms with E-state index in [1.807, 2.05) is 51.3 Å². The summed E-state index contributed by atoms with van der Waals surface area (Å²) < 4.78 is 11.7. The number of carbonyl (C=O) groups is 3. The Morgan fingerprint density at radius 2 is 1.07 bits per heavy atom. The smallest absolute Gasteiger partial charge is 0.410 e. The molecule has 1 saturated heterocycles. The highest BCUT2D eigenvalue weighted by Gasteiger charge is 2.28. The SMILES string of the molecule is CC(C)(C)CC(=O)N1CCCN(C(=O)OC(C)(C)C)CCN(CCCCc2ccc3ccc4cccc5ccc2c3c45)CCCN(C(=O)OC(C)(C)C)CC1. The molecule has 1 heterocycles. The van der Waals surface area contributed by atoms with Crippen molar-refractivity contribution in [2.75, 3.05) is 58.9 Å². The summed E-state index contributed by atoms with van der Waals surface area (Å²) in [5.74, 6) is 0.0563. The van der Waals surface area contributed by atoms with E-state index in [1.54, 1.807) is 4.90 Å². The number of carbonyl (C=O) groups excluding carboxylic acids is 3. The van der Waals surface area contributed by atoms with Gasteiger partial charge in [-0.15, -0.1) is 0 Å². The summed E-state index contributed by atoms with van der Waals surface area (Å²) in [5.41, 5.74) is -0.0228. The Morgan fingerprint density at radius 3 is 1.67 bits per heavy atom. The van der Waals surface area contributed by atoms with Crippen LogP contribution in [-0.2, 0) is 20.7 Å². The Bertz CT molecular complexity index is 1890.